The minimum Gasteiger partial charge on any atom is -0.487 e. The van der Waals surface area contributed by atoms with E-state index in [4.69, 9.17) is 10.5 Å². The van der Waals surface area contributed by atoms with Gasteiger partial charge in [-0.15, -0.1) is 0 Å². The maximum absolute atomic E-state index is 12.5. The number of aldehydes is 1. The van der Waals surface area contributed by atoms with Gasteiger partial charge in [-0.1, -0.05) is 0 Å². The SMILES string of the molecule is CN.CN=C(C(=O)NC(C)(C)C=O)c1cc(OCc2ccnn2C)ccc1N. The average Bonchev–Trinajstić information content (AvgIpc) is 3.09. The summed E-state index contributed by atoms with van der Waals surface area (Å²) < 4.78 is 7.48. The molecule has 1 heterocycles. The van der Waals surface area contributed by atoms with E-state index >= 15 is 0 Å². The molecule has 0 aliphatic heterocycles. The highest BCUT2D eigenvalue weighted by atomic mass is 16.5. The Balaban J connectivity index is 0.00000190. The van der Waals surface area contributed by atoms with E-state index in [1.54, 1.807) is 42.9 Å². The van der Waals surface area contributed by atoms with Gasteiger partial charge in [0.05, 0.1) is 11.2 Å². The van der Waals surface area contributed by atoms with Crippen LogP contribution in [-0.4, -0.2) is 47.3 Å². The number of nitrogen functional groups attached to an aromatic ring is 1. The van der Waals surface area contributed by atoms with Crippen molar-refractivity contribution in [2.75, 3.05) is 19.8 Å². The number of aliphatic imine (C=N–C) groups is 1. The van der Waals surface area contributed by atoms with Gasteiger partial charge in [-0.2, -0.15) is 5.10 Å². The summed E-state index contributed by atoms with van der Waals surface area (Å²) in [5.74, 6) is 0.0547. The maximum Gasteiger partial charge on any atom is 0.270 e. The van der Waals surface area contributed by atoms with Crippen molar-refractivity contribution in [1.29, 1.82) is 0 Å². The Hall–Kier alpha value is -3.20. The van der Waals surface area contributed by atoms with Crippen LogP contribution in [0.4, 0.5) is 5.69 Å². The number of nitrogens with zero attached hydrogens (tertiary/aromatic N) is 3. The van der Waals surface area contributed by atoms with Crippen molar-refractivity contribution in [2.24, 2.45) is 17.8 Å². The molecule has 0 saturated carbocycles. The van der Waals surface area contributed by atoms with Crippen molar-refractivity contribution in [1.82, 2.24) is 15.1 Å². The lowest BCUT2D eigenvalue weighted by molar-refractivity contribution is -0.121. The Kier molecular flexibility index (Phi) is 8.33. The number of hydrogen-bond donors (Lipinski definition) is 3. The molecule has 9 nitrogen and oxygen atoms in total. The van der Waals surface area contributed by atoms with Gasteiger partial charge in [0.2, 0.25) is 0 Å². The predicted molar refractivity (Wildman–Crippen MR) is 109 cm³/mol. The summed E-state index contributed by atoms with van der Waals surface area (Å²) in [6.45, 7) is 3.52. The second kappa shape index (κ2) is 10.2. The van der Waals surface area contributed by atoms with Crippen LogP contribution in [0.15, 0.2) is 35.5 Å². The van der Waals surface area contributed by atoms with Gasteiger partial charge in [0.25, 0.3) is 5.91 Å². The summed E-state index contributed by atoms with van der Waals surface area (Å²) in [5.41, 5.74) is 11.4. The zero-order valence-electron chi connectivity index (χ0n) is 16.9. The number of benzene rings is 1. The van der Waals surface area contributed by atoms with Crippen molar-refractivity contribution >= 4 is 23.6 Å². The number of rotatable bonds is 7. The summed E-state index contributed by atoms with van der Waals surface area (Å²) in [6.07, 6.45) is 2.35. The first kappa shape index (κ1) is 22.8. The molecule has 1 amide bonds. The van der Waals surface area contributed by atoms with Crippen LogP contribution >= 0.6 is 0 Å². The van der Waals surface area contributed by atoms with Crippen molar-refractivity contribution in [3.63, 3.8) is 0 Å². The molecule has 1 aromatic heterocycles. The summed E-state index contributed by atoms with van der Waals surface area (Å²) in [7, 11) is 4.82. The number of aryl methyl sites for hydroxylation is 1. The number of ether oxygens (including phenoxy) is 1. The molecule has 0 fully saturated rings. The Bertz CT molecular complexity index is 842. The van der Waals surface area contributed by atoms with Gasteiger partial charge in [0.15, 0.2) is 0 Å². The first-order chi connectivity index (χ1) is 13.3. The third kappa shape index (κ3) is 5.92. The number of nitrogens with one attached hydrogen (secondary N) is 1. The first-order valence-electron chi connectivity index (χ1n) is 8.60. The largest absolute Gasteiger partial charge is 0.487 e. The van der Waals surface area contributed by atoms with Gasteiger partial charge in [-0.05, 0) is 45.2 Å². The van der Waals surface area contributed by atoms with E-state index in [-0.39, 0.29) is 5.71 Å². The molecule has 28 heavy (non-hydrogen) atoms. The van der Waals surface area contributed by atoms with Crippen LogP contribution in [0.25, 0.3) is 0 Å². The van der Waals surface area contributed by atoms with Gasteiger partial charge < -0.3 is 26.3 Å². The van der Waals surface area contributed by atoms with Gasteiger partial charge in [0, 0.05) is 31.5 Å². The quantitative estimate of drug-likeness (QED) is 0.362. The van der Waals surface area contributed by atoms with E-state index in [0.717, 1.165) is 5.69 Å². The highest BCUT2D eigenvalue weighted by Gasteiger charge is 2.24. The molecule has 152 valence electrons. The number of nitrogens with two attached hydrogens (primary N) is 2. The molecule has 0 aliphatic rings. The lowest BCUT2D eigenvalue weighted by Crippen LogP contribution is -2.47. The Labute approximate surface area is 164 Å². The Morgan fingerprint density at radius 1 is 1.36 bits per heavy atom. The fraction of sp³-hybridized carbons (Fsp3) is 0.368. The molecule has 0 atom stereocenters. The zero-order valence-corrected chi connectivity index (χ0v) is 16.9. The highest BCUT2D eigenvalue weighted by Crippen LogP contribution is 2.22. The number of amides is 1. The van der Waals surface area contributed by atoms with Crippen LogP contribution in [0.5, 0.6) is 5.75 Å². The molecule has 0 saturated heterocycles. The van der Waals surface area contributed by atoms with Crippen LogP contribution in [0.1, 0.15) is 25.1 Å². The topological polar surface area (TPSA) is 138 Å². The van der Waals surface area contributed by atoms with Gasteiger partial charge >= 0.3 is 0 Å². The average molecular weight is 388 g/mol. The predicted octanol–water partition coefficient (Wildman–Crippen LogP) is 0.669. The molecular formula is C19H28N6O3. The zero-order chi connectivity index (χ0) is 21.3. The third-order valence-electron chi connectivity index (χ3n) is 3.76. The second-order valence-corrected chi connectivity index (χ2v) is 6.35. The Morgan fingerprint density at radius 3 is 2.57 bits per heavy atom. The Morgan fingerprint density at radius 2 is 2.04 bits per heavy atom. The lowest BCUT2D eigenvalue weighted by atomic mass is 10.0. The van der Waals surface area contributed by atoms with E-state index in [1.165, 1.54) is 14.1 Å². The number of hydrogen-bond acceptors (Lipinski definition) is 7. The molecule has 0 spiro atoms. The van der Waals surface area contributed by atoms with Crippen LogP contribution in [-0.2, 0) is 23.2 Å². The first-order valence-corrected chi connectivity index (χ1v) is 8.60. The van der Waals surface area contributed by atoms with Gasteiger partial charge in [-0.25, -0.2) is 0 Å². The lowest BCUT2D eigenvalue weighted by Gasteiger charge is -2.20. The summed E-state index contributed by atoms with van der Waals surface area (Å²) in [4.78, 5) is 27.6. The molecule has 0 bridgehead atoms. The van der Waals surface area contributed by atoms with Crippen LogP contribution < -0.4 is 21.5 Å². The number of anilines is 1. The minimum absolute atomic E-state index is 0.128. The molecule has 0 aliphatic carbocycles. The second-order valence-electron chi connectivity index (χ2n) is 6.35. The summed E-state index contributed by atoms with van der Waals surface area (Å²) >= 11 is 0. The van der Waals surface area contributed by atoms with Gasteiger partial charge in [-0.3, -0.25) is 14.5 Å². The molecule has 2 rings (SSSR count). The number of carbonyl (C=O) groups excluding carboxylic acids is 2. The monoisotopic (exact) mass is 388 g/mol. The summed E-state index contributed by atoms with van der Waals surface area (Å²) in [6, 6.07) is 6.88. The van der Waals surface area contributed by atoms with E-state index < -0.39 is 11.4 Å². The van der Waals surface area contributed by atoms with Crippen molar-refractivity contribution in [3.05, 3.63) is 41.7 Å². The molecule has 0 radical (unpaired) electrons. The van der Waals surface area contributed by atoms with Crippen LogP contribution in [0.3, 0.4) is 0 Å². The van der Waals surface area contributed by atoms with E-state index in [2.05, 4.69) is 21.1 Å². The molecule has 1 aromatic carbocycles. The van der Waals surface area contributed by atoms with Crippen molar-refractivity contribution in [2.45, 2.75) is 26.0 Å². The van der Waals surface area contributed by atoms with E-state index in [0.29, 0.717) is 29.9 Å². The third-order valence-corrected chi connectivity index (χ3v) is 3.76. The van der Waals surface area contributed by atoms with Crippen molar-refractivity contribution < 1.29 is 14.3 Å². The summed E-state index contributed by atoms with van der Waals surface area (Å²) in [5, 5.41) is 6.70. The van der Waals surface area contributed by atoms with Gasteiger partial charge in [0.1, 0.15) is 24.4 Å². The number of aromatic nitrogens is 2. The normalized spacial score (nSPS) is 11.3. The smallest absolute Gasteiger partial charge is 0.270 e. The number of carbonyl (C=O) groups is 2. The van der Waals surface area contributed by atoms with Crippen molar-refractivity contribution in [3.8, 4) is 5.75 Å². The van der Waals surface area contributed by atoms with Crippen LogP contribution in [0, 0.1) is 0 Å². The highest BCUT2D eigenvalue weighted by molar-refractivity contribution is 6.46. The standard InChI is InChI=1S/C18H23N5O3.CH5N/c1-18(2,11-24)22-17(25)16(20-3)14-9-13(5-6-15(14)19)26-10-12-7-8-21-23(12)4;1-2/h5-9,11H,10,19H2,1-4H3,(H,22,25);2H2,1H3. The fourth-order valence-corrected chi connectivity index (χ4v) is 2.26. The maximum atomic E-state index is 12.5. The molecular weight excluding hydrogens is 360 g/mol. The molecule has 0 unspecified atom stereocenters. The minimum atomic E-state index is -1.00. The van der Waals surface area contributed by atoms with Crippen LogP contribution in [0.2, 0.25) is 0 Å². The molecule has 2 aromatic rings. The molecule has 9 heteroatoms. The molecule has 5 N–H and O–H groups in total. The fourth-order valence-electron chi connectivity index (χ4n) is 2.26. The van der Waals surface area contributed by atoms with E-state index in [1.807, 2.05) is 13.1 Å². The van der Waals surface area contributed by atoms with E-state index in [9.17, 15) is 9.59 Å².